The monoisotopic (exact) mass is 739 g/mol. The van der Waals surface area contributed by atoms with Crippen molar-refractivity contribution in [1.29, 1.82) is 0 Å². The summed E-state index contributed by atoms with van der Waals surface area (Å²) in [5.74, 6) is 1.90. The topological polar surface area (TPSA) is 38.7 Å². The molecule has 9 aromatic carbocycles. The van der Waals surface area contributed by atoms with Gasteiger partial charge in [-0.1, -0.05) is 212 Å². The maximum Gasteiger partial charge on any atom is 0.164 e. The minimum absolute atomic E-state index is 0.629. The van der Waals surface area contributed by atoms with Gasteiger partial charge in [-0.05, 0) is 78.5 Å². The zero-order valence-corrected chi connectivity index (χ0v) is 31.7. The van der Waals surface area contributed by atoms with Gasteiger partial charge < -0.3 is 0 Å². The molecule has 0 spiro atoms. The molecule has 58 heavy (non-hydrogen) atoms. The van der Waals surface area contributed by atoms with E-state index in [-0.39, 0.29) is 0 Å². The van der Waals surface area contributed by atoms with E-state index in [9.17, 15) is 0 Å². The molecule has 0 radical (unpaired) electrons. The molecule has 1 aromatic heterocycles. The predicted molar refractivity (Wildman–Crippen MR) is 241 cm³/mol. The van der Waals surface area contributed by atoms with E-state index in [1.54, 1.807) is 0 Å². The van der Waals surface area contributed by atoms with Crippen molar-refractivity contribution >= 4 is 10.8 Å². The third kappa shape index (κ3) is 6.87. The molecule has 0 aliphatic heterocycles. The number of hydrogen-bond donors (Lipinski definition) is 0. The second kappa shape index (κ2) is 15.4. The van der Waals surface area contributed by atoms with E-state index < -0.39 is 0 Å². The first-order valence-corrected chi connectivity index (χ1v) is 19.6. The molecule has 3 nitrogen and oxygen atoms in total. The fraction of sp³-hybridized carbons (Fsp3) is 0. The summed E-state index contributed by atoms with van der Waals surface area (Å²) in [4.78, 5) is 15.3. The van der Waals surface area contributed by atoms with Crippen LogP contribution in [0.4, 0.5) is 0 Å². The highest BCUT2D eigenvalue weighted by atomic mass is 15.0. The fourth-order valence-corrected chi connectivity index (χ4v) is 7.87. The number of fused-ring (bicyclic) bond motifs is 1. The molecule has 0 bridgehead atoms. The molecule has 0 aliphatic rings. The second-order valence-electron chi connectivity index (χ2n) is 14.4. The van der Waals surface area contributed by atoms with Crippen LogP contribution in [-0.2, 0) is 0 Å². The average molecular weight is 740 g/mol. The summed E-state index contributed by atoms with van der Waals surface area (Å²) >= 11 is 0. The molecular weight excluding hydrogens is 703 g/mol. The van der Waals surface area contributed by atoms with Crippen LogP contribution in [0.1, 0.15) is 0 Å². The highest BCUT2D eigenvalue weighted by molar-refractivity contribution is 6.05. The van der Waals surface area contributed by atoms with E-state index in [2.05, 4.69) is 188 Å². The Morgan fingerprint density at radius 3 is 1.10 bits per heavy atom. The van der Waals surface area contributed by atoms with Gasteiger partial charge in [0.15, 0.2) is 17.5 Å². The highest BCUT2D eigenvalue weighted by Crippen LogP contribution is 2.39. The highest BCUT2D eigenvalue weighted by Gasteiger charge is 2.17. The van der Waals surface area contributed by atoms with Crippen LogP contribution in [0, 0.1) is 0 Å². The number of nitrogens with zero attached hydrogens (tertiary/aromatic N) is 3. The van der Waals surface area contributed by atoms with E-state index in [4.69, 9.17) is 15.0 Å². The predicted octanol–water partition coefficient (Wildman–Crippen LogP) is 14.4. The van der Waals surface area contributed by atoms with E-state index in [1.807, 2.05) is 36.4 Å². The molecule has 0 atom stereocenters. The van der Waals surface area contributed by atoms with Crippen molar-refractivity contribution in [3.63, 3.8) is 0 Å². The lowest BCUT2D eigenvalue weighted by molar-refractivity contribution is 1.07. The first kappa shape index (κ1) is 34.7. The summed E-state index contributed by atoms with van der Waals surface area (Å²) in [6.45, 7) is 0. The zero-order valence-electron chi connectivity index (χ0n) is 31.7. The van der Waals surface area contributed by atoms with Crippen LogP contribution in [0.2, 0.25) is 0 Å². The smallest absolute Gasteiger partial charge is 0.164 e. The minimum Gasteiger partial charge on any atom is -0.208 e. The molecule has 0 amide bonds. The Labute approximate surface area is 338 Å². The second-order valence-corrected chi connectivity index (χ2v) is 14.4. The SMILES string of the molecule is c1ccc(-c2ccc(-c3nc(-c4ccccc4)nc(-c4ccccc4-c4cccc(-c5ccc(-c6cccc(-c7ccccc7)c6)c6ccccc56)c4)n3)cc2)cc1. The Kier molecular flexibility index (Phi) is 9.23. The molecule has 0 saturated carbocycles. The molecule has 3 heteroatoms. The molecule has 272 valence electrons. The van der Waals surface area contributed by atoms with Crippen molar-refractivity contribution in [2.45, 2.75) is 0 Å². The van der Waals surface area contributed by atoms with Gasteiger partial charge in [-0.2, -0.15) is 0 Å². The summed E-state index contributed by atoms with van der Waals surface area (Å²) in [6, 6.07) is 78.9. The first-order chi connectivity index (χ1) is 28.7. The van der Waals surface area contributed by atoms with E-state index >= 15 is 0 Å². The van der Waals surface area contributed by atoms with Gasteiger partial charge in [-0.3, -0.25) is 0 Å². The molecule has 0 fully saturated rings. The van der Waals surface area contributed by atoms with Crippen molar-refractivity contribution in [3.05, 3.63) is 224 Å². The fourth-order valence-electron chi connectivity index (χ4n) is 7.87. The van der Waals surface area contributed by atoms with Crippen LogP contribution in [0.3, 0.4) is 0 Å². The Hall–Kier alpha value is -7.75. The van der Waals surface area contributed by atoms with Crippen molar-refractivity contribution in [1.82, 2.24) is 15.0 Å². The summed E-state index contributed by atoms with van der Waals surface area (Å²) in [7, 11) is 0. The maximum absolute atomic E-state index is 5.15. The molecule has 10 aromatic rings. The van der Waals surface area contributed by atoms with Crippen molar-refractivity contribution in [2.24, 2.45) is 0 Å². The van der Waals surface area contributed by atoms with Gasteiger partial charge in [0.25, 0.3) is 0 Å². The van der Waals surface area contributed by atoms with Crippen LogP contribution in [0.5, 0.6) is 0 Å². The molecule has 0 N–H and O–H groups in total. The van der Waals surface area contributed by atoms with Gasteiger partial charge in [0.1, 0.15) is 0 Å². The number of aromatic nitrogens is 3. The van der Waals surface area contributed by atoms with Crippen LogP contribution >= 0.6 is 0 Å². The number of benzene rings is 9. The van der Waals surface area contributed by atoms with Gasteiger partial charge in [-0.15, -0.1) is 0 Å². The lowest BCUT2D eigenvalue weighted by Gasteiger charge is -2.15. The lowest BCUT2D eigenvalue weighted by atomic mass is 9.89. The standard InChI is InChI=1S/C55H37N3/c1-4-16-38(17-5-1)40-30-32-42(33-31-40)54-56-53(41-20-8-3-9-21-41)57-55(58-54)52-29-13-10-26-47(52)45-24-15-25-46(37-45)49-35-34-48(50-27-11-12-28-51(49)50)44-23-14-22-43(36-44)39-18-6-2-7-19-39/h1-37H. The van der Waals surface area contributed by atoms with Gasteiger partial charge in [-0.25, -0.2) is 15.0 Å². The Morgan fingerprint density at radius 1 is 0.190 bits per heavy atom. The van der Waals surface area contributed by atoms with E-state index in [1.165, 1.54) is 44.2 Å². The first-order valence-electron chi connectivity index (χ1n) is 19.6. The van der Waals surface area contributed by atoms with Crippen molar-refractivity contribution in [2.75, 3.05) is 0 Å². The third-order valence-corrected chi connectivity index (χ3v) is 10.8. The number of hydrogen-bond acceptors (Lipinski definition) is 3. The summed E-state index contributed by atoms with van der Waals surface area (Å²) in [5, 5.41) is 2.43. The molecule has 0 saturated heterocycles. The Bertz CT molecular complexity index is 3030. The van der Waals surface area contributed by atoms with Crippen molar-refractivity contribution in [3.8, 4) is 89.8 Å². The zero-order chi connectivity index (χ0) is 38.7. The van der Waals surface area contributed by atoms with Crippen LogP contribution in [0.25, 0.3) is 101 Å². The van der Waals surface area contributed by atoms with E-state index in [0.717, 1.165) is 38.9 Å². The largest absolute Gasteiger partial charge is 0.208 e. The Morgan fingerprint density at radius 2 is 0.534 bits per heavy atom. The minimum atomic E-state index is 0.629. The third-order valence-electron chi connectivity index (χ3n) is 10.8. The van der Waals surface area contributed by atoms with Crippen molar-refractivity contribution < 1.29 is 0 Å². The molecular formula is C55H37N3. The normalized spacial score (nSPS) is 11.1. The van der Waals surface area contributed by atoms with Crippen LogP contribution in [0.15, 0.2) is 224 Å². The van der Waals surface area contributed by atoms with Crippen LogP contribution in [-0.4, -0.2) is 15.0 Å². The quantitative estimate of drug-likeness (QED) is 0.156. The molecule has 10 rings (SSSR count). The molecule has 0 aliphatic carbocycles. The van der Waals surface area contributed by atoms with Gasteiger partial charge >= 0.3 is 0 Å². The molecule has 0 unspecified atom stereocenters. The summed E-state index contributed by atoms with van der Waals surface area (Å²) in [6.07, 6.45) is 0. The van der Waals surface area contributed by atoms with Gasteiger partial charge in [0.2, 0.25) is 0 Å². The van der Waals surface area contributed by atoms with Gasteiger partial charge in [0.05, 0.1) is 0 Å². The lowest BCUT2D eigenvalue weighted by Crippen LogP contribution is -2.01. The average Bonchev–Trinajstić information content (AvgIpc) is 3.32. The van der Waals surface area contributed by atoms with Gasteiger partial charge in [0, 0.05) is 16.7 Å². The maximum atomic E-state index is 5.15. The van der Waals surface area contributed by atoms with E-state index in [0.29, 0.717) is 17.5 Å². The molecule has 1 heterocycles. The Balaban J connectivity index is 1.05. The summed E-state index contributed by atoms with van der Waals surface area (Å²) < 4.78 is 0. The van der Waals surface area contributed by atoms with Crippen LogP contribution < -0.4 is 0 Å². The summed E-state index contributed by atoms with van der Waals surface area (Å²) in [5.41, 5.74) is 14.4. The number of rotatable bonds is 8.